The number of thioether (sulfide) groups is 1. The molecular weight excluding hydrogens is 566 g/mol. The van der Waals surface area contributed by atoms with Crippen molar-refractivity contribution < 1.29 is 9.59 Å². The number of carbonyl (C=O) groups is 2. The number of anilines is 1. The summed E-state index contributed by atoms with van der Waals surface area (Å²) in [6.07, 6.45) is 0. The van der Waals surface area contributed by atoms with E-state index in [-0.39, 0.29) is 23.3 Å². The van der Waals surface area contributed by atoms with Crippen LogP contribution in [0.25, 0.3) is 11.4 Å². The molecule has 7 nitrogen and oxygen atoms in total. The van der Waals surface area contributed by atoms with Crippen molar-refractivity contribution in [1.82, 2.24) is 20.1 Å². The molecule has 0 aliphatic carbocycles. The van der Waals surface area contributed by atoms with Gasteiger partial charge in [0.1, 0.15) is 0 Å². The average Bonchev–Trinajstić information content (AvgIpc) is 3.39. The molecule has 0 fully saturated rings. The minimum Gasteiger partial charge on any atom is -0.344 e. The lowest BCUT2D eigenvalue weighted by molar-refractivity contribution is -0.120. The lowest BCUT2D eigenvalue weighted by atomic mass is 9.87. The number of hydrogen-bond acceptors (Lipinski definition) is 5. The van der Waals surface area contributed by atoms with Crippen LogP contribution in [0.5, 0.6) is 0 Å². The van der Waals surface area contributed by atoms with E-state index in [1.165, 1.54) is 17.3 Å². The zero-order chi connectivity index (χ0) is 31.3. The molecule has 4 aromatic carbocycles. The van der Waals surface area contributed by atoms with E-state index < -0.39 is 5.25 Å². The van der Waals surface area contributed by atoms with E-state index in [1.54, 1.807) is 0 Å². The molecule has 1 aromatic heterocycles. The highest BCUT2D eigenvalue weighted by Crippen LogP contribution is 2.29. The molecule has 2 amide bonds. The van der Waals surface area contributed by atoms with Gasteiger partial charge >= 0.3 is 0 Å². The van der Waals surface area contributed by atoms with Crippen molar-refractivity contribution in [3.8, 4) is 11.4 Å². The Balaban J connectivity index is 1.23. The Morgan fingerprint density at radius 1 is 0.773 bits per heavy atom. The number of rotatable bonds is 9. The normalized spacial score (nSPS) is 12.1. The van der Waals surface area contributed by atoms with Crippen molar-refractivity contribution in [1.29, 1.82) is 0 Å². The van der Waals surface area contributed by atoms with E-state index in [0.717, 1.165) is 16.7 Å². The number of amides is 2. The lowest BCUT2D eigenvalue weighted by Gasteiger charge is -2.22. The monoisotopic (exact) mass is 603 g/mol. The number of carbonyl (C=O) groups excluding carboxylic acids is 2. The van der Waals surface area contributed by atoms with Gasteiger partial charge in [0.2, 0.25) is 5.91 Å². The first-order chi connectivity index (χ1) is 21.1. The van der Waals surface area contributed by atoms with Crippen LogP contribution >= 0.6 is 11.8 Å². The van der Waals surface area contributed by atoms with Crippen LogP contribution in [0.4, 0.5) is 5.69 Å². The van der Waals surface area contributed by atoms with Crippen LogP contribution in [0, 0.1) is 0 Å². The predicted octanol–water partition coefficient (Wildman–Crippen LogP) is 7.42. The van der Waals surface area contributed by atoms with Gasteiger partial charge in [-0.15, -0.1) is 10.2 Å². The fourth-order valence-corrected chi connectivity index (χ4v) is 5.64. The Morgan fingerprint density at radius 3 is 1.89 bits per heavy atom. The molecule has 1 unspecified atom stereocenters. The second-order valence-corrected chi connectivity index (χ2v) is 13.1. The molecule has 5 aromatic rings. The number of benzene rings is 4. The standard InChI is InChI=1S/C36H37N5O2S/c1-24(33(42)38-31(25-12-8-6-9-13-25)26-14-10-7-11-15-26)44-35-40-39-32(41(35)5)27-18-22-30(23-19-27)37-34(43)28-16-20-29(21-17-28)36(2,3)4/h6-24,31H,1-5H3,(H,37,43)(H,38,42). The van der Waals surface area contributed by atoms with Crippen LogP contribution < -0.4 is 10.6 Å². The Hall–Kier alpha value is -4.69. The Bertz CT molecular complexity index is 1670. The second-order valence-electron chi connectivity index (χ2n) is 11.7. The Kier molecular flexibility index (Phi) is 9.30. The summed E-state index contributed by atoms with van der Waals surface area (Å²) in [4.78, 5) is 26.2. The van der Waals surface area contributed by atoms with Gasteiger partial charge in [-0.2, -0.15) is 0 Å². The molecule has 44 heavy (non-hydrogen) atoms. The summed E-state index contributed by atoms with van der Waals surface area (Å²) in [5.41, 5.74) is 5.39. The zero-order valence-electron chi connectivity index (χ0n) is 25.6. The highest BCUT2D eigenvalue weighted by molar-refractivity contribution is 8.00. The van der Waals surface area contributed by atoms with Crippen LogP contribution in [0.3, 0.4) is 0 Å². The van der Waals surface area contributed by atoms with Gasteiger partial charge in [-0.05, 0) is 65.4 Å². The van der Waals surface area contributed by atoms with Crippen LogP contribution in [0.15, 0.2) is 114 Å². The average molecular weight is 604 g/mol. The highest BCUT2D eigenvalue weighted by atomic mass is 32.2. The molecule has 0 aliphatic heterocycles. The molecule has 0 saturated heterocycles. The van der Waals surface area contributed by atoms with Crippen molar-refractivity contribution in [3.63, 3.8) is 0 Å². The van der Waals surface area contributed by atoms with Gasteiger partial charge in [0, 0.05) is 23.9 Å². The first kappa shape index (κ1) is 30.8. The van der Waals surface area contributed by atoms with Gasteiger partial charge in [-0.3, -0.25) is 9.59 Å². The fraction of sp³-hybridized carbons (Fsp3) is 0.222. The summed E-state index contributed by atoms with van der Waals surface area (Å²) < 4.78 is 1.88. The lowest BCUT2D eigenvalue weighted by Crippen LogP contribution is -2.35. The zero-order valence-corrected chi connectivity index (χ0v) is 26.4. The van der Waals surface area contributed by atoms with Crippen LogP contribution in [0.1, 0.15) is 60.8 Å². The van der Waals surface area contributed by atoms with Gasteiger partial charge in [0.25, 0.3) is 5.91 Å². The quantitative estimate of drug-likeness (QED) is 0.171. The molecule has 2 N–H and O–H groups in total. The summed E-state index contributed by atoms with van der Waals surface area (Å²) in [5, 5.41) is 15.2. The van der Waals surface area contributed by atoms with Crippen molar-refractivity contribution in [2.24, 2.45) is 7.05 Å². The summed E-state index contributed by atoms with van der Waals surface area (Å²) in [7, 11) is 1.88. The summed E-state index contributed by atoms with van der Waals surface area (Å²) in [6, 6.07) is 34.9. The van der Waals surface area contributed by atoms with Crippen molar-refractivity contribution in [3.05, 3.63) is 131 Å². The Labute approximate surface area is 263 Å². The molecule has 1 heterocycles. The third-order valence-electron chi connectivity index (χ3n) is 7.45. The van der Waals surface area contributed by atoms with E-state index in [1.807, 2.05) is 128 Å². The fourth-order valence-electron chi connectivity index (χ4n) is 4.82. The molecule has 0 radical (unpaired) electrons. The van der Waals surface area contributed by atoms with E-state index >= 15 is 0 Å². The van der Waals surface area contributed by atoms with Crippen molar-refractivity contribution in [2.45, 2.75) is 49.6 Å². The second kappa shape index (κ2) is 13.3. The van der Waals surface area contributed by atoms with Gasteiger partial charge < -0.3 is 15.2 Å². The summed E-state index contributed by atoms with van der Waals surface area (Å²) in [6.45, 7) is 8.31. The topological polar surface area (TPSA) is 88.9 Å². The van der Waals surface area contributed by atoms with Crippen molar-refractivity contribution in [2.75, 3.05) is 5.32 Å². The molecule has 0 spiro atoms. The molecule has 0 bridgehead atoms. The molecule has 1 atom stereocenters. The SMILES string of the molecule is CC(Sc1nnc(-c2ccc(NC(=O)c3ccc(C(C)(C)C)cc3)cc2)n1C)C(=O)NC(c1ccccc1)c1ccccc1. The van der Waals surface area contributed by atoms with Crippen molar-refractivity contribution >= 4 is 29.3 Å². The number of nitrogens with zero attached hydrogens (tertiary/aromatic N) is 3. The molecule has 8 heteroatoms. The molecule has 0 aliphatic rings. The van der Waals surface area contributed by atoms with Gasteiger partial charge in [0.05, 0.1) is 11.3 Å². The van der Waals surface area contributed by atoms with Gasteiger partial charge in [-0.1, -0.05) is 105 Å². The summed E-state index contributed by atoms with van der Waals surface area (Å²) >= 11 is 1.36. The maximum absolute atomic E-state index is 13.4. The van der Waals surface area contributed by atoms with Gasteiger partial charge in [-0.25, -0.2) is 0 Å². The van der Waals surface area contributed by atoms with Crippen LogP contribution in [-0.2, 0) is 17.3 Å². The number of nitrogens with one attached hydrogen (secondary N) is 2. The van der Waals surface area contributed by atoms with E-state index in [0.29, 0.717) is 22.2 Å². The molecule has 5 rings (SSSR count). The largest absolute Gasteiger partial charge is 0.344 e. The number of hydrogen-bond donors (Lipinski definition) is 2. The first-order valence-corrected chi connectivity index (χ1v) is 15.5. The molecule has 0 saturated carbocycles. The maximum Gasteiger partial charge on any atom is 0.255 e. The first-order valence-electron chi connectivity index (χ1n) is 14.6. The Morgan fingerprint density at radius 2 is 1.34 bits per heavy atom. The molecule has 224 valence electrons. The third-order valence-corrected chi connectivity index (χ3v) is 8.59. The van der Waals surface area contributed by atoms with Gasteiger partial charge in [0.15, 0.2) is 11.0 Å². The van der Waals surface area contributed by atoms with E-state index in [2.05, 4.69) is 41.6 Å². The van der Waals surface area contributed by atoms with Crippen LogP contribution in [0.2, 0.25) is 0 Å². The predicted molar refractivity (Wildman–Crippen MR) is 178 cm³/mol. The third kappa shape index (κ3) is 7.26. The smallest absolute Gasteiger partial charge is 0.255 e. The minimum absolute atomic E-state index is 0.0291. The van der Waals surface area contributed by atoms with Crippen LogP contribution in [-0.4, -0.2) is 31.8 Å². The molecular formula is C36H37N5O2S. The number of aromatic nitrogens is 3. The summed E-state index contributed by atoms with van der Waals surface area (Å²) in [5.74, 6) is 0.414. The minimum atomic E-state index is -0.407. The van der Waals surface area contributed by atoms with E-state index in [9.17, 15) is 9.59 Å². The highest BCUT2D eigenvalue weighted by Gasteiger charge is 2.23. The maximum atomic E-state index is 13.4. The van der Waals surface area contributed by atoms with E-state index in [4.69, 9.17) is 0 Å².